The van der Waals surface area contributed by atoms with Gasteiger partial charge in [0.2, 0.25) is 0 Å². The summed E-state index contributed by atoms with van der Waals surface area (Å²) < 4.78 is 4.16. The largest absolute Gasteiger partial charge is 0.478 e. The second kappa shape index (κ2) is 10.9. The number of nitrogens with zero attached hydrogens (tertiary/aromatic N) is 3. The van der Waals surface area contributed by atoms with Gasteiger partial charge in [-0.2, -0.15) is 5.10 Å². The minimum atomic E-state index is -0.971. The summed E-state index contributed by atoms with van der Waals surface area (Å²) in [6, 6.07) is 28.8. The normalized spacial score (nSPS) is 11.2. The Morgan fingerprint density at radius 2 is 1.48 bits per heavy atom. The quantitative estimate of drug-likeness (QED) is 0.183. The Kier molecular flexibility index (Phi) is 7.21. The van der Waals surface area contributed by atoms with Crippen LogP contribution in [0, 0.1) is 27.7 Å². The molecule has 2 N–H and O–H groups in total. The zero-order chi connectivity index (χ0) is 28.4. The molecule has 0 bridgehead atoms. The Bertz CT molecular complexity index is 1740. The topological polar surface area (TPSA) is 88.6 Å². The summed E-state index contributed by atoms with van der Waals surface area (Å²) in [6.45, 7) is 7.89. The smallest absolute Gasteiger partial charge is 0.335 e. The van der Waals surface area contributed by atoms with Gasteiger partial charge in [0.25, 0.3) is 5.91 Å². The SMILES string of the molecule is Cc1ccc(C(=O)O)cc1-n1c(C)cc(/C=N/NC(=O)c2ccc(-n3c(C)ccc3-c3ccccc3)cc2)c1C. The summed E-state index contributed by atoms with van der Waals surface area (Å²) in [5.41, 5.74) is 12.0. The van der Waals surface area contributed by atoms with Crippen molar-refractivity contribution < 1.29 is 14.7 Å². The van der Waals surface area contributed by atoms with E-state index in [0.717, 1.165) is 50.8 Å². The lowest BCUT2D eigenvalue weighted by Crippen LogP contribution is -2.17. The van der Waals surface area contributed by atoms with Gasteiger partial charge in [-0.1, -0.05) is 36.4 Å². The van der Waals surface area contributed by atoms with Crippen LogP contribution in [0.1, 0.15) is 48.9 Å². The number of nitrogens with one attached hydrogen (secondary N) is 1. The van der Waals surface area contributed by atoms with E-state index in [1.807, 2.05) is 61.7 Å². The number of hydrogen-bond acceptors (Lipinski definition) is 3. The fourth-order valence-electron chi connectivity index (χ4n) is 4.97. The molecule has 5 rings (SSSR count). The molecule has 0 aliphatic rings. The van der Waals surface area contributed by atoms with Crippen molar-refractivity contribution >= 4 is 18.1 Å². The van der Waals surface area contributed by atoms with Crippen LogP contribution in [0.4, 0.5) is 0 Å². The Balaban J connectivity index is 1.33. The van der Waals surface area contributed by atoms with Crippen molar-refractivity contribution in [1.82, 2.24) is 14.6 Å². The predicted molar refractivity (Wildman–Crippen MR) is 158 cm³/mol. The van der Waals surface area contributed by atoms with Crippen LogP contribution >= 0.6 is 0 Å². The van der Waals surface area contributed by atoms with E-state index in [1.54, 1.807) is 36.5 Å². The fourth-order valence-corrected chi connectivity index (χ4v) is 4.97. The summed E-state index contributed by atoms with van der Waals surface area (Å²) in [7, 11) is 0. The van der Waals surface area contributed by atoms with Gasteiger partial charge in [0.05, 0.1) is 17.5 Å². The lowest BCUT2D eigenvalue weighted by molar-refractivity contribution is 0.0696. The molecule has 7 heteroatoms. The maximum atomic E-state index is 12.8. The molecular formula is C33H30N4O3. The number of amides is 1. The number of rotatable bonds is 7. The summed E-state index contributed by atoms with van der Waals surface area (Å²) >= 11 is 0. The minimum Gasteiger partial charge on any atom is -0.478 e. The van der Waals surface area contributed by atoms with Gasteiger partial charge in [-0.3, -0.25) is 4.79 Å². The first-order valence-electron chi connectivity index (χ1n) is 13.0. The number of carbonyl (C=O) groups is 2. The van der Waals surface area contributed by atoms with Crippen molar-refractivity contribution in [2.75, 3.05) is 0 Å². The molecule has 0 fully saturated rings. The molecule has 40 heavy (non-hydrogen) atoms. The van der Waals surface area contributed by atoms with Crippen LogP contribution in [-0.4, -0.2) is 32.3 Å². The lowest BCUT2D eigenvalue weighted by atomic mass is 10.1. The first-order valence-corrected chi connectivity index (χ1v) is 13.0. The lowest BCUT2D eigenvalue weighted by Gasteiger charge is -2.13. The minimum absolute atomic E-state index is 0.227. The van der Waals surface area contributed by atoms with Crippen molar-refractivity contribution in [2.45, 2.75) is 27.7 Å². The third-order valence-corrected chi connectivity index (χ3v) is 7.07. The van der Waals surface area contributed by atoms with Crippen LogP contribution < -0.4 is 5.43 Å². The van der Waals surface area contributed by atoms with E-state index in [4.69, 9.17) is 0 Å². The molecule has 200 valence electrons. The van der Waals surface area contributed by atoms with E-state index in [-0.39, 0.29) is 11.5 Å². The molecule has 0 saturated carbocycles. The van der Waals surface area contributed by atoms with Crippen LogP contribution in [0.2, 0.25) is 0 Å². The van der Waals surface area contributed by atoms with Gasteiger partial charge in [0.15, 0.2) is 0 Å². The van der Waals surface area contributed by atoms with Gasteiger partial charge in [-0.05, 0) is 93.4 Å². The molecule has 1 amide bonds. The van der Waals surface area contributed by atoms with Crippen LogP contribution in [0.3, 0.4) is 0 Å². The number of carbonyl (C=O) groups excluding carboxylic acids is 1. The Labute approximate surface area is 233 Å². The molecule has 0 aliphatic carbocycles. The first-order chi connectivity index (χ1) is 19.2. The standard InChI is InChI=1S/C33H30N4O3/c1-21-10-12-27(33(39)40)19-31(21)36-23(3)18-28(24(36)4)20-34-35-32(38)26-13-15-29(16-14-26)37-22(2)11-17-30(37)25-8-6-5-7-9-25/h5-20H,1-4H3,(H,35,38)(H,39,40)/b34-20+. The van der Waals surface area contributed by atoms with Crippen molar-refractivity contribution in [3.63, 3.8) is 0 Å². The van der Waals surface area contributed by atoms with E-state index in [1.165, 1.54) is 0 Å². The molecule has 0 unspecified atom stereocenters. The third-order valence-electron chi connectivity index (χ3n) is 7.07. The van der Waals surface area contributed by atoms with Gasteiger partial charge in [-0.15, -0.1) is 0 Å². The Morgan fingerprint density at radius 3 is 2.17 bits per heavy atom. The zero-order valence-corrected chi connectivity index (χ0v) is 22.8. The van der Waals surface area contributed by atoms with Gasteiger partial charge >= 0.3 is 5.97 Å². The van der Waals surface area contributed by atoms with E-state index < -0.39 is 5.97 Å². The number of benzene rings is 3. The molecule has 2 heterocycles. The van der Waals surface area contributed by atoms with Gasteiger partial charge in [0.1, 0.15) is 0 Å². The van der Waals surface area contributed by atoms with Crippen LogP contribution in [0.5, 0.6) is 0 Å². The first kappa shape index (κ1) is 26.4. The van der Waals surface area contributed by atoms with Crippen LogP contribution in [0.25, 0.3) is 22.6 Å². The predicted octanol–water partition coefficient (Wildman–Crippen LogP) is 6.63. The maximum absolute atomic E-state index is 12.8. The Hall–Kier alpha value is -5.17. The van der Waals surface area contributed by atoms with Crippen molar-refractivity contribution in [3.8, 4) is 22.6 Å². The zero-order valence-electron chi connectivity index (χ0n) is 22.8. The second-order valence-electron chi connectivity index (χ2n) is 9.78. The average molecular weight is 531 g/mol. The van der Waals surface area contributed by atoms with Gasteiger partial charge in [0, 0.05) is 39.6 Å². The number of aromatic nitrogens is 2. The van der Waals surface area contributed by atoms with E-state index in [2.05, 4.69) is 46.3 Å². The van der Waals surface area contributed by atoms with Gasteiger partial charge < -0.3 is 14.2 Å². The highest BCUT2D eigenvalue weighted by Gasteiger charge is 2.15. The monoisotopic (exact) mass is 530 g/mol. The maximum Gasteiger partial charge on any atom is 0.335 e. The summed E-state index contributed by atoms with van der Waals surface area (Å²) in [6.07, 6.45) is 1.61. The second-order valence-corrected chi connectivity index (χ2v) is 9.78. The average Bonchev–Trinajstić information content (AvgIpc) is 3.47. The van der Waals surface area contributed by atoms with Crippen LogP contribution in [0.15, 0.2) is 96.1 Å². The summed E-state index contributed by atoms with van der Waals surface area (Å²) in [5.74, 6) is -1.28. The number of carboxylic acids is 1. The molecule has 0 radical (unpaired) electrons. The number of hydrazone groups is 1. The Morgan fingerprint density at radius 1 is 0.775 bits per heavy atom. The summed E-state index contributed by atoms with van der Waals surface area (Å²) in [5, 5.41) is 13.6. The number of carboxylic acid groups (broad SMARTS) is 1. The van der Waals surface area contributed by atoms with Gasteiger partial charge in [-0.25, -0.2) is 10.2 Å². The molecule has 0 spiro atoms. The molecule has 0 aliphatic heterocycles. The van der Waals surface area contributed by atoms with E-state index >= 15 is 0 Å². The third kappa shape index (κ3) is 5.09. The van der Waals surface area contributed by atoms with E-state index in [0.29, 0.717) is 5.56 Å². The number of aryl methyl sites for hydroxylation is 3. The molecule has 3 aromatic carbocycles. The van der Waals surface area contributed by atoms with E-state index in [9.17, 15) is 14.7 Å². The van der Waals surface area contributed by atoms with Crippen molar-refractivity contribution in [2.24, 2.45) is 5.10 Å². The molecular weight excluding hydrogens is 500 g/mol. The molecule has 0 atom stereocenters. The van der Waals surface area contributed by atoms with Crippen molar-refractivity contribution in [3.05, 3.63) is 130 Å². The fraction of sp³-hybridized carbons (Fsp3) is 0.121. The highest BCUT2D eigenvalue weighted by Crippen LogP contribution is 2.27. The van der Waals surface area contributed by atoms with Crippen molar-refractivity contribution in [1.29, 1.82) is 0 Å². The number of hydrogen-bond donors (Lipinski definition) is 2. The number of aromatic carboxylic acids is 1. The molecule has 0 saturated heterocycles. The molecule has 7 nitrogen and oxygen atoms in total. The highest BCUT2D eigenvalue weighted by molar-refractivity contribution is 5.95. The highest BCUT2D eigenvalue weighted by atomic mass is 16.4. The molecule has 2 aromatic heterocycles. The molecule has 5 aromatic rings. The summed E-state index contributed by atoms with van der Waals surface area (Å²) in [4.78, 5) is 24.3. The van der Waals surface area contributed by atoms with Crippen LogP contribution in [-0.2, 0) is 0 Å².